The van der Waals surface area contributed by atoms with E-state index in [1.807, 2.05) is 6.08 Å². The highest BCUT2D eigenvalue weighted by atomic mass is 16.7. The molecule has 11 heteroatoms. The lowest BCUT2D eigenvalue weighted by molar-refractivity contribution is -0.302. The molecule has 1 amide bonds. The topological polar surface area (TPSA) is 175 Å². The molecule has 0 bridgehead atoms. The van der Waals surface area contributed by atoms with Crippen molar-refractivity contribution in [2.45, 2.75) is 416 Å². The average molecular weight is 1310 g/mol. The summed E-state index contributed by atoms with van der Waals surface area (Å²) in [5, 5.41) is 54.4. The number of carbonyl (C=O) groups is 2. The van der Waals surface area contributed by atoms with Crippen LogP contribution in [0.1, 0.15) is 373 Å². The number of rotatable bonds is 70. The smallest absolute Gasteiger partial charge is 0.305 e. The predicted octanol–water partition coefficient (Wildman–Crippen LogP) is 21.4. The van der Waals surface area contributed by atoms with Crippen molar-refractivity contribution in [2.24, 2.45) is 0 Å². The van der Waals surface area contributed by atoms with Gasteiger partial charge in [-0.3, -0.25) is 9.59 Å². The van der Waals surface area contributed by atoms with Gasteiger partial charge in [0.2, 0.25) is 5.91 Å². The Labute approximate surface area is 572 Å². The summed E-state index contributed by atoms with van der Waals surface area (Å²) in [6.45, 7) is 4.27. The Balaban J connectivity index is 1.89. The highest BCUT2D eigenvalue weighted by Gasteiger charge is 2.44. The van der Waals surface area contributed by atoms with E-state index in [1.165, 1.54) is 263 Å². The van der Waals surface area contributed by atoms with E-state index in [-0.39, 0.29) is 18.5 Å². The largest absolute Gasteiger partial charge is 0.466 e. The monoisotopic (exact) mass is 1310 g/mol. The lowest BCUT2D eigenvalue weighted by Crippen LogP contribution is -2.60. The van der Waals surface area contributed by atoms with Crippen molar-refractivity contribution in [3.63, 3.8) is 0 Å². The maximum atomic E-state index is 13.0. The van der Waals surface area contributed by atoms with E-state index in [0.717, 1.165) is 83.5 Å². The number of unbranched alkanes of at least 4 members (excludes halogenated alkanes) is 46. The van der Waals surface area contributed by atoms with Crippen LogP contribution < -0.4 is 5.32 Å². The summed E-state index contributed by atoms with van der Waals surface area (Å²) in [5.74, 6) is -0.188. The zero-order chi connectivity index (χ0) is 67.2. The Kier molecular flexibility index (Phi) is 66.7. The maximum Gasteiger partial charge on any atom is 0.305 e. The van der Waals surface area contributed by atoms with Crippen LogP contribution in [0.15, 0.2) is 72.9 Å². The molecule has 0 saturated carbocycles. The highest BCUT2D eigenvalue weighted by molar-refractivity contribution is 5.76. The van der Waals surface area contributed by atoms with Crippen LogP contribution in [-0.2, 0) is 23.8 Å². The average Bonchev–Trinajstić information content (AvgIpc) is 0.962. The van der Waals surface area contributed by atoms with E-state index in [2.05, 4.69) is 79.9 Å². The molecule has 0 aromatic carbocycles. The fourth-order valence-electron chi connectivity index (χ4n) is 12.3. The van der Waals surface area contributed by atoms with Crippen molar-refractivity contribution in [1.82, 2.24) is 5.32 Å². The molecule has 11 nitrogen and oxygen atoms in total. The van der Waals surface area contributed by atoms with Crippen LogP contribution in [0.25, 0.3) is 0 Å². The summed E-state index contributed by atoms with van der Waals surface area (Å²) in [4.78, 5) is 25.1. The number of nitrogens with one attached hydrogen (secondary N) is 1. The molecule has 0 radical (unpaired) electrons. The molecule has 0 aromatic rings. The third-order valence-electron chi connectivity index (χ3n) is 18.5. The van der Waals surface area contributed by atoms with Gasteiger partial charge >= 0.3 is 5.97 Å². The van der Waals surface area contributed by atoms with Crippen molar-refractivity contribution in [2.75, 3.05) is 19.8 Å². The van der Waals surface area contributed by atoms with Crippen LogP contribution in [0.4, 0.5) is 0 Å². The Morgan fingerprint density at radius 1 is 0.398 bits per heavy atom. The fraction of sp³-hybridized carbons (Fsp3) is 0.829. The fourth-order valence-corrected chi connectivity index (χ4v) is 12.3. The predicted molar refractivity (Wildman–Crippen MR) is 393 cm³/mol. The lowest BCUT2D eigenvalue weighted by atomic mass is 9.99. The minimum absolute atomic E-state index is 0.00636. The Hall–Kier alpha value is -2.90. The first-order valence-electron chi connectivity index (χ1n) is 39.7. The van der Waals surface area contributed by atoms with Crippen LogP contribution in [0.2, 0.25) is 0 Å². The molecule has 7 atom stereocenters. The van der Waals surface area contributed by atoms with Gasteiger partial charge in [-0.1, -0.05) is 324 Å². The first-order chi connectivity index (χ1) is 45.7. The molecule has 6 N–H and O–H groups in total. The SMILES string of the molecule is CCC/C=C/CC/C=C/CC/C=C/C(O)C(COC1OC(CO)C(O)C(O)C1O)NC(=O)CCCCCCCCCCCCCCCCCCC/C=C\C/C=C\CCCCCCCCCCCCCCCCCOC(=O)CCCCCCC/C=C\CCCCCCCC. The molecule has 1 aliphatic heterocycles. The van der Waals surface area contributed by atoms with Gasteiger partial charge in [-0.2, -0.15) is 0 Å². The van der Waals surface area contributed by atoms with E-state index in [4.69, 9.17) is 14.2 Å². The number of aliphatic hydroxyl groups is 5. The lowest BCUT2D eigenvalue weighted by Gasteiger charge is -2.40. The van der Waals surface area contributed by atoms with Crippen LogP contribution in [0.5, 0.6) is 0 Å². The number of amides is 1. The second kappa shape index (κ2) is 70.4. The summed E-state index contributed by atoms with van der Waals surface area (Å²) in [5.41, 5.74) is 0. The van der Waals surface area contributed by atoms with Gasteiger partial charge < -0.3 is 45.1 Å². The molecule has 1 saturated heterocycles. The number of hydrogen-bond donors (Lipinski definition) is 6. The zero-order valence-corrected chi connectivity index (χ0v) is 60.5. The van der Waals surface area contributed by atoms with E-state index >= 15 is 0 Å². The second-order valence-corrected chi connectivity index (χ2v) is 27.4. The Morgan fingerprint density at radius 2 is 0.753 bits per heavy atom. The first-order valence-corrected chi connectivity index (χ1v) is 39.7. The third-order valence-corrected chi connectivity index (χ3v) is 18.5. The highest BCUT2D eigenvalue weighted by Crippen LogP contribution is 2.23. The van der Waals surface area contributed by atoms with Gasteiger partial charge in [0, 0.05) is 12.8 Å². The number of allylic oxidation sites excluding steroid dienone is 11. The molecule has 542 valence electrons. The number of hydrogen-bond acceptors (Lipinski definition) is 10. The maximum absolute atomic E-state index is 13.0. The van der Waals surface area contributed by atoms with Gasteiger partial charge in [0.1, 0.15) is 24.4 Å². The Bertz CT molecular complexity index is 1780. The normalized spacial score (nSPS) is 17.9. The zero-order valence-electron chi connectivity index (χ0n) is 60.5. The van der Waals surface area contributed by atoms with Crippen molar-refractivity contribution in [3.8, 4) is 0 Å². The standard InChI is InChI=1S/C82H149NO10/c1-3-5-7-9-11-13-15-16-42-46-50-54-58-62-66-70-78(87)91-71-67-63-59-55-51-47-44-41-39-37-35-33-31-29-27-25-23-21-19-17-18-20-22-24-26-28-30-32-34-36-38-40-43-45-49-53-57-61-65-69-77(86)83-74(73-92-82-81(90)80(89)79(88)76(72-84)93-82)75(85)68-64-60-56-52-48-14-12-10-8-6-4-2/h8,10,16-18,21,23,42,48,52,64,68,74-76,79-82,84-85,88-90H,3-7,9,11-15,19-20,22,24-41,43-47,49-51,53-63,65-67,69-73H2,1-2H3,(H,83,86)/b10-8+,18-17-,23-21-,42-16-,52-48+,68-64+. The van der Waals surface area contributed by atoms with Crippen LogP contribution in [-0.4, -0.2) is 100 Å². The number of carbonyl (C=O) groups excluding carboxylic acids is 2. The van der Waals surface area contributed by atoms with Crippen molar-refractivity contribution >= 4 is 11.9 Å². The minimum atomic E-state index is -1.58. The van der Waals surface area contributed by atoms with E-state index < -0.39 is 49.5 Å². The van der Waals surface area contributed by atoms with Crippen molar-refractivity contribution in [1.29, 1.82) is 0 Å². The van der Waals surface area contributed by atoms with E-state index in [0.29, 0.717) is 19.4 Å². The summed E-state index contributed by atoms with van der Waals surface area (Å²) < 4.78 is 16.7. The summed E-state index contributed by atoms with van der Waals surface area (Å²) in [7, 11) is 0. The van der Waals surface area contributed by atoms with Gasteiger partial charge in [-0.05, 0) is 109 Å². The van der Waals surface area contributed by atoms with Gasteiger partial charge in [-0.15, -0.1) is 0 Å². The first kappa shape index (κ1) is 88.1. The quantitative estimate of drug-likeness (QED) is 0.0195. The summed E-state index contributed by atoms with van der Waals surface area (Å²) >= 11 is 0. The van der Waals surface area contributed by atoms with Gasteiger partial charge in [0.15, 0.2) is 6.29 Å². The molecule has 0 aromatic heterocycles. The number of aliphatic hydroxyl groups excluding tert-OH is 5. The molecule has 1 aliphatic rings. The molecule has 1 rings (SSSR count). The molecule has 1 heterocycles. The van der Waals surface area contributed by atoms with Gasteiger partial charge in [0.25, 0.3) is 0 Å². The summed E-state index contributed by atoms with van der Waals surface area (Å²) in [6, 6.07) is -0.833. The molecule has 93 heavy (non-hydrogen) atoms. The minimum Gasteiger partial charge on any atom is -0.466 e. The number of esters is 1. The van der Waals surface area contributed by atoms with Crippen LogP contribution >= 0.6 is 0 Å². The van der Waals surface area contributed by atoms with E-state index in [9.17, 15) is 35.1 Å². The second-order valence-electron chi connectivity index (χ2n) is 27.4. The third kappa shape index (κ3) is 58.9. The van der Waals surface area contributed by atoms with Gasteiger partial charge in [0.05, 0.1) is 32.0 Å². The van der Waals surface area contributed by atoms with Gasteiger partial charge in [-0.25, -0.2) is 0 Å². The number of ether oxygens (including phenoxy) is 3. The molecule has 0 aliphatic carbocycles. The molecular weight excluding hydrogens is 1160 g/mol. The molecule has 0 spiro atoms. The summed E-state index contributed by atoms with van der Waals surface area (Å²) in [6.07, 6.45) is 86.7. The molecular formula is C82H149NO10. The van der Waals surface area contributed by atoms with Crippen molar-refractivity contribution in [3.05, 3.63) is 72.9 Å². The molecule has 7 unspecified atom stereocenters. The van der Waals surface area contributed by atoms with Crippen molar-refractivity contribution < 1.29 is 49.3 Å². The van der Waals surface area contributed by atoms with Crippen LogP contribution in [0, 0.1) is 0 Å². The van der Waals surface area contributed by atoms with Crippen LogP contribution in [0.3, 0.4) is 0 Å². The Morgan fingerprint density at radius 3 is 1.17 bits per heavy atom. The molecule has 1 fully saturated rings. The van der Waals surface area contributed by atoms with E-state index in [1.54, 1.807) is 6.08 Å².